The molecule has 0 unspecified atom stereocenters. The molecule has 2 aromatic heterocycles. The second-order valence-electron chi connectivity index (χ2n) is 2.37. The Bertz CT molecular complexity index is 355. The number of aromatic nitrogens is 2. The number of aryl methyl sites for hydroxylation is 1. The lowest BCUT2D eigenvalue weighted by molar-refractivity contribution is 0.545. The van der Waals surface area contributed by atoms with Gasteiger partial charge in [0.05, 0.1) is 0 Å². The minimum atomic E-state index is 0.457. The minimum absolute atomic E-state index is 0.457. The van der Waals surface area contributed by atoms with Crippen molar-refractivity contribution in [3.05, 3.63) is 17.9 Å². The number of rotatable bonds is 1. The molecule has 0 saturated heterocycles. The predicted molar refractivity (Wildman–Crippen MR) is 46.8 cm³/mol. The standard InChI is InChI=1S/C7H7N3OS/c1-4-2-3-5(11-4)6-9-7(8)12-10-6/h2-3H,1H3,(H2,8,9,10). The highest BCUT2D eigenvalue weighted by molar-refractivity contribution is 7.09. The van der Waals surface area contributed by atoms with Crippen LogP contribution in [0.25, 0.3) is 11.6 Å². The highest BCUT2D eigenvalue weighted by Crippen LogP contribution is 2.20. The van der Waals surface area contributed by atoms with Crippen LogP contribution in [-0.2, 0) is 0 Å². The number of nitrogens with zero attached hydrogens (tertiary/aromatic N) is 2. The minimum Gasteiger partial charge on any atom is -0.458 e. The van der Waals surface area contributed by atoms with E-state index in [4.69, 9.17) is 10.2 Å². The fourth-order valence-electron chi connectivity index (χ4n) is 0.890. The summed E-state index contributed by atoms with van der Waals surface area (Å²) in [4.78, 5) is 3.99. The van der Waals surface area contributed by atoms with Gasteiger partial charge in [-0.2, -0.15) is 9.36 Å². The highest BCUT2D eigenvalue weighted by Gasteiger charge is 2.07. The summed E-state index contributed by atoms with van der Waals surface area (Å²) in [6, 6.07) is 3.70. The van der Waals surface area contributed by atoms with E-state index in [9.17, 15) is 0 Å². The van der Waals surface area contributed by atoms with Crippen molar-refractivity contribution in [2.45, 2.75) is 6.92 Å². The van der Waals surface area contributed by atoms with Gasteiger partial charge in [0, 0.05) is 11.5 Å². The third-order valence-corrected chi connectivity index (χ3v) is 1.95. The van der Waals surface area contributed by atoms with E-state index in [1.54, 1.807) is 0 Å². The number of nitrogens with two attached hydrogens (primary N) is 1. The van der Waals surface area contributed by atoms with Crippen LogP contribution in [0.2, 0.25) is 0 Å². The van der Waals surface area contributed by atoms with Gasteiger partial charge in [-0.3, -0.25) is 0 Å². The van der Waals surface area contributed by atoms with Crippen molar-refractivity contribution < 1.29 is 4.42 Å². The molecule has 0 radical (unpaired) electrons. The molecule has 62 valence electrons. The maximum atomic E-state index is 5.43. The molecule has 5 heteroatoms. The molecule has 4 nitrogen and oxygen atoms in total. The molecule has 0 spiro atoms. The molecule has 0 saturated carbocycles. The van der Waals surface area contributed by atoms with Gasteiger partial charge in [-0.05, 0) is 19.1 Å². The molecular weight excluding hydrogens is 174 g/mol. The molecule has 2 aromatic rings. The van der Waals surface area contributed by atoms with Crippen LogP contribution in [0.4, 0.5) is 5.13 Å². The van der Waals surface area contributed by atoms with E-state index in [0.717, 1.165) is 5.76 Å². The average molecular weight is 181 g/mol. The number of furan rings is 1. The van der Waals surface area contributed by atoms with Crippen LogP contribution >= 0.6 is 11.5 Å². The summed E-state index contributed by atoms with van der Waals surface area (Å²) in [5, 5.41) is 0.457. The van der Waals surface area contributed by atoms with Gasteiger partial charge >= 0.3 is 0 Å². The molecule has 0 fully saturated rings. The zero-order valence-electron chi connectivity index (χ0n) is 6.44. The van der Waals surface area contributed by atoms with Gasteiger partial charge < -0.3 is 10.2 Å². The Hall–Kier alpha value is -1.36. The van der Waals surface area contributed by atoms with Crippen LogP contribution in [-0.4, -0.2) is 9.36 Å². The lowest BCUT2D eigenvalue weighted by Gasteiger charge is -1.85. The monoisotopic (exact) mass is 181 g/mol. The summed E-state index contributed by atoms with van der Waals surface area (Å²) in [6.07, 6.45) is 0. The topological polar surface area (TPSA) is 64.9 Å². The lowest BCUT2D eigenvalue weighted by Crippen LogP contribution is -1.81. The second kappa shape index (κ2) is 2.60. The Morgan fingerprint density at radius 3 is 2.83 bits per heavy atom. The SMILES string of the molecule is Cc1ccc(-c2nsc(N)n2)o1. The molecule has 0 bridgehead atoms. The number of hydrogen-bond donors (Lipinski definition) is 1. The van der Waals surface area contributed by atoms with E-state index in [1.807, 2.05) is 19.1 Å². The zero-order valence-corrected chi connectivity index (χ0v) is 7.26. The molecule has 2 rings (SSSR count). The van der Waals surface area contributed by atoms with E-state index in [0.29, 0.717) is 16.7 Å². The van der Waals surface area contributed by atoms with Crippen molar-refractivity contribution >= 4 is 16.7 Å². The first-order valence-electron chi connectivity index (χ1n) is 3.42. The maximum absolute atomic E-state index is 5.43. The Labute approximate surface area is 73.2 Å². The van der Waals surface area contributed by atoms with Crippen LogP contribution in [0, 0.1) is 6.92 Å². The molecule has 0 aliphatic carbocycles. The van der Waals surface area contributed by atoms with E-state index >= 15 is 0 Å². The molecular formula is C7H7N3OS. The normalized spacial score (nSPS) is 10.4. The summed E-state index contributed by atoms with van der Waals surface area (Å²) >= 11 is 1.17. The van der Waals surface area contributed by atoms with Crippen LogP contribution in [0.3, 0.4) is 0 Å². The highest BCUT2D eigenvalue weighted by atomic mass is 32.1. The molecule has 2 N–H and O–H groups in total. The Balaban J connectivity index is 2.43. The summed E-state index contributed by atoms with van der Waals surface area (Å²) in [7, 11) is 0. The first-order valence-corrected chi connectivity index (χ1v) is 4.19. The molecule has 0 aromatic carbocycles. The second-order valence-corrected chi connectivity index (χ2v) is 3.15. The van der Waals surface area contributed by atoms with Crippen LogP contribution < -0.4 is 5.73 Å². The fourth-order valence-corrected chi connectivity index (χ4v) is 1.33. The maximum Gasteiger partial charge on any atom is 0.210 e. The van der Waals surface area contributed by atoms with Crippen LogP contribution in [0.5, 0.6) is 0 Å². The number of nitrogen functional groups attached to an aromatic ring is 1. The smallest absolute Gasteiger partial charge is 0.210 e. The quantitative estimate of drug-likeness (QED) is 0.727. The first-order chi connectivity index (χ1) is 5.75. The average Bonchev–Trinajstić information content (AvgIpc) is 2.58. The third kappa shape index (κ3) is 1.18. The first kappa shape index (κ1) is 7.30. The van der Waals surface area contributed by atoms with Crippen LogP contribution in [0.1, 0.15) is 5.76 Å². The third-order valence-electron chi connectivity index (χ3n) is 1.40. The van der Waals surface area contributed by atoms with Gasteiger partial charge in [-0.1, -0.05) is 0 Å². The molecule has 0 aliphatic rings. The summed E-state index contributed by atoms with van der Waals surface area (Å²) in [5.41, 5.74) is 5.43. The van der Waals surface area contributed by atoms with Gasteiger partial charge in [-0.15, -0.1) is 0 Å². The fraction of sp³-hybridized carbons (Fsp3) is 0.143. The Kier molecular flexibility index (Phi) is 1.58. The number of hydrogen-bond acceptors (Lipinski definition) is 5. The van der Waals surface area contributed by atoms with Crippen molar-refractivity contribution in [3.8, 4) is 11.6 Å². The van der Waals surface area contributed by atoms with Crippen molar-refractivity contribution in [1.82, 2.24) is 9.36 Å². The van der Waals surface area contributed by atoms with Crippen molar-refractivity contribution in [2.75, 3.05) is 5.73 Å². The number of anilines is 1. The summed E-state index contributed by atoms with van der Waals surface area (Å²) in [6.45, 7) is 1.87. The van der Waals surface area contributed by atoms with Gasteiger partial charge in [0.25, 0.3) is 0 Å². The molecule has 2 heterocycles. The van der Waals surface area contributed by atoms with E-state index in [-0.39, 0.29) is 0 Å². The van der Waals surface area contributed by atoms with E-state index in [2.05, 4.69) is 9.36 Å². The molecule has 0 aliphatic heterocycles. The van der Waals surface area contributed by atoms with E-state index < -0.39 is 0 Å². The van der Waals surface area contributed by atoms with E-state index in [1.165, 1.54) is 11.5 Å². The van der Waals surface area contributed by atoms with Gasteiger partial charge in [0.15, 0.2) is 10.9 Å². The van der Waals surface area contributed by atoms with Crippen LogP contribution in [0.15, 0.2) is 16.5 Å². The van der Waals surface area contributed by atoms with Crippen molar-refractivity contribution in [1.29, 1.82) is 0 Å². The molecule has 0 atom stereocenters. The Morgan fingerprint density at radius 2 is 2.33 bits per heavy atom. The van der Waals surface area contributed by atoms with Gasteiger partial charge in [-0.25, -0.2) is 0 Å². The van der Waals surface area contributed by atoms with Gasteiger partial charge in [0.2, 0.25) is 5.82 Å². The summed E-state index contributed by atoms with van der Waals surface area (Å²) in [5.74, 6) is 2.07. The lowest BCUT2D eigenvalue weighted by atomic mass is 10.4. The van der Waals surface area contributed by atoms with Gasteiger partial charge in [0.1, 0.15) is 5.76 Å². The predicted octanol–water partition coefficient (Wildman–Crippen LogP) is 1.69. The van der Waals surface area contributed by atoms with Crippen molar-refractivity contribution in [3.63, 3.8) is 0 Å². The zero-order chi connectivity index (χ0) is 8.55. The van der Waals surface area contributed by atoms with Crippen molar-refractivity contribution in [2.24, 2.45) is 0 Å². The summed E-state index contributed by atoms with van der Waals surface area (Å²) < 4.78 is 9.32. The Morgan fingerprint density at radius 1 is 1.50 bits per heavy atom. The molecule has 12 heavy (non-hydrogen) atoms. The molecule has 0 amide bonds. The largest absolute Gasteiger partial charge is 0.458 e.